The third kappa shape index (κ3) is 4.84. The van der Waals surface area contributed by atoms with Crippen molar-refractivity contribution in [3.8, 4) is 0 Å². The molecule has 0 radical (unpaired) electrons. The Bertz CT molecular complexity index is 702. The molecule has 2 N–H and O–H groups in total. The predicted octanol–water partition coefficient (Wildman–Crippen LogP) is 2.94. The van der Waals surface area contributed by atoms with Crippen molar-refractivity contribution in [3.63, 3.8) is 0 Å². The minimum Gasteiger partial charge on any atom is -0.342 e. The second kappa shape index (κ2) is 7.93. The van der Waals surface area contributed by atoms with Gasteiger partial charge >= 0.3 is 0 Å². The maximum atomic E-state index is 11.6. The molecule has 1 aromatic carbocycles. The van der Waals surface area contributed by atoms with E-state index in [0.717, 1.165) is 0 Å². The van der Waals surface area contributed by atoms with E-state index in [9.17, 15) is 9.59 Å². The SMILES string of the molecule is O=C(CNC(=O)c1cccs1)N/N=C/c1ccc(Cl)cc1Cl. The molecule has 0 aliphatic carbocycles. The van der Waals surface area contributed by atoms with Crippen LogP contribution < -0.4 is 10.7 Å². The van der Waals surface area contributed by atoms with Crippen LogP contribution in [0.15, 0.2) is 40.8 Å². The summed E-state index contributed by atoms with van der Waals surface area (Å²) in [6, 6.07) is 8.36. The van der Waals surface area contributed by atoms with E-state index in [2.05, 4.69) is 15.8 Å². The van der Waals surface area contributed by atoms with Gasteiger partial charge in [0.05, 0.1) is 22.7 Å². The van der Waals surface area contributed by atoms with E-state index < -0.39 is 5.91 Å². The quantitative estimate of drug-likeness (QED) is 0.639. The lowest BCUT2D eigenvalue weighted by atomic mass is 10.2. The van der Waals surface area contributed by atoms with Gasteiger partial charge in [0.25, 0.3) is 11.8 Å². The third-order valence-electron chi connectivity index (χ3n) is 2.51. The first-order valence-electron chi connectivity index (χ1n) is 6.15. The molecule has 0 saturated heterocycles. The van der Waals surface area contributed by atoms with Crippen LogP contribution in [-0.2, 0) is 4.79 Å². The summed E-state index contributed by atoms with van der Waals surface area (Å²) < 4.78 is 0. The van der Waals surface area contributed by atoms with Crippen molar-refractivity contribution in [3.05, 3.63) is 56.2 Å². The standard InChI is InChI=1S/C14H11Cl2N3O2S/c15-10-4-3-9(11(16)6-10)7-18-19-13(20)8-17-14(21)12-2-1-5-22-12/h1-7H,8H2,(H,17,21)(H,19,20)/b18-7+. The molecule has 0 fully saturated rings. The molecule has 0 atom stereocenters. The number of rotatable bonds is 5. The molecular weight excluding hydrogens is 345 g/mol. The zero-order valence-electron chi connectivity index (χ0n) is 11.2. The van der Waals surface area contributed by atoms with E-state index in [1.165, 1.54) is 17.6 Å². The molecule has 2 amide bonds. The van der Waals surface area contributed by atoms with Crippen LogP contribution in [0.4, 0.5) is 0 Å². The minimum atomic E-state index is -0.439. The van der Waals surface area contributed by atoms with Crippen LogP contribution in [0.5, 0.6) is 0 Å². The summed E-state index contributed by atoms with van der Waals surface area (Å²) in [4.78, 5) is 23.7. The first-order valence-corrected chi connectivity index (χ1v) is 7.78. The van der Waals surface area contributed by atoms with Crippen molar-refractivity contribution < 1.29 is 9.59 Å². The monoisotopic (exact) mass is 355 g/mol. The summed E-state index contributed by atoms with van der Waals surface area (Å²) in [5.41, 5.74) is 2.92. The molecule has 0 saturated carbocycles. The van der Waals surface area contributed by atoms with Crippen molar-refractivity contribution in [2.45, 2.75) is 0 Å². The van der Waals surface area contributed by atoms with Gasteiger partial charge in [-0.3, -0.25) is 9.59 Å². The Morgan fingerprint density at radius 1 is 1.27 bits per heavy atom. The van der Waals surface area contributed by atoms with Crippen molar-refractivity contribution in [1.29, 1.82) is 0 Å². The number of carbonyl (C=O) groups excluding carboxylic acids is 2. The largest absolute Gasteiger partial charge is 0.342 e. The summed E-state index contributed by atoms with van der Waals surface area (Å²) >= 11 is 13.0. The number of amides is 2. The van der Waals surface area contributed by atoms with Gasteiger partial charge in [-0.1, -0.05) is 35.3 Å². The van der Waals surface area contributed by atoms with E-state index in [1.54, 1.807) is 35.7 Å². The van der Waals surface area contributed by atoms with Crippen LogP contribution in [0.1, 0.15) is 15.2 Å². The molecule has 5 nitrogen and oxygen atoms in total. The van der Waals surface area contributed by atoms with Gasteiger partial charge in [0.2, 0.25) is 0 Å². The summed E-state index contributed by atoms with van der Waals surface area (Å²) in [6.07, 6.45) is 1.40. The van der Waals surface area contributed by atoms with E-state index in [-0.39, 0.29) is 12.5 Å². The average molecular weight is 356 g/mol. The highest BCUT2D eigenvalue weighted by molar-refractivity contribution is 7.12. The highest BCUT2D eigenvalue weighted by atomic mass is 35.5. The number of carbonyl (C=O) groups is 2. The van der Waals surface area contributed by atoms with Gasteiger partial charge in [0.1, 0.15) is 0 Å². The number of thiophene rings is 1. The van der Waals surface area contributed by atoms with Crippen LogP contribution in [0.2, 0.25) is 10.0 Å². The van der Waals surface area contributed by atoms with Gasteiger partial charge in [0.15, 0.2) is 0 Å². The molecule has 114 valence electrons. The lowest BCUT2D eigenvalue weighted by Gasteiger charge is -2.02. The minimum absolute atomic E-state index is 0.164. The lowest BCUT2D eigenvalue weighted by molar-refractivity contribution is -0.120. The molecule has 0 unspecified atom stereocenters. The molecule has 22 heavy (non-hydrogen) atoms. The Labute approximate surface area is 140 Å². The molecule has 1 aromatic heterocycles. The molecule has 1 heterocycles. The van der Waals surface area contributed by atoms with E-state index in [1.807, 2.05) is 0 Å². The molecule has 8 heteroatoms. The number of nitrogens with one attached hydrogen (secondary N) is 2. The Morgan fingerprint density at radius 2 is 2.09 bits per heavy atom. The van der Waals surface area contributed by atoms with E-state index in [4.69, 9.17) is 23.2 Å². The van der Waals surface area contributed by atoms with Gasteiger partial charge < -0.3 is 5.32 Å². The van der Waals surface area contributed by atoms with E-state index in [0.29, 0.717) is 20.5 Å². The van der Waals surface area contributed by atoms with Gasteiger partial charge in [0, 0.05) is 10.6 Å². The first-order chi connectivity index (χ1) is 10.6. The summed E-state index contributed by atoms with van der Waals surface area (Å²) in [5.74, 6) is -0.735. The fourth-order valence-electron chi connectivity index (χ4n) is 1.47. The smallest absolute Gasteiger partial charge is 0.261 e. The number of benzene rings is 1. The summed E-state index contributed by atoms with van der Waals surface area (Å²) in [7, 11) is 0. The summed E-state index contributed by atoms with van der Waals surface area (Å²) in [6.45, 7) is -0.164. The highest BCUT2D eigenvalue weighted by Crippen LogP contribution is 2.19. The van der Waals surface area contributed by atoms with Crippen LogP contribution in [0, 0.1) is 0 Å². The predicted molar refractivity (Wildman–Crippen MR) is 88.9 cm³/mol. The van der Waals surface area contributed by atoms with Crippen LogP contribution in [0.3, 0.4) is 0 Å². The maximum Gasteiger partial charge on any atom is 0.261 e. The molecule has 0 aliphatic rings. The Morgan fingerprint density at radius 3 is 2.77 bits per heavy atom. The first kappa shape index (κ1) is 16.5. The summed E-state index contributed by atoms with van der Waals surface area (Å²) in [5, 5.41) is 9.00. The third-order valence-corrected chi connectivity index (χ3v) is 3.94. The lowest BCUT2D eigenvalue weighted by Crippen LogP contribution is -2.34. The molecule has 0 bridgehead atoms. The maximum absolute atomic E-state index is 11.6. The number of hydrogen-bond acceptors (Lipinski definition) is 4. The molecule has 0 spiro atoms. The number of hydrogen-bond donors (Lipinski definition) is 2. The highest BCUT2D eigenvalue weighted by Gasteiger charge is 2.07. The van der Waals surface area contributed by atoms with Crippen molar-refractivity contribution in [2.75, 3.05) is 6.54 Å². The van der Waals surface area contributed by atoms with E-state index >= 15 is 0 Å². The Hall–Kier alpha value is -1.89. The van der Waals surface area contributed by atoms with Gasteiger partial charge in [-0.25, -0.2) is 5.43 Å². The van der Waals surface area contributed by atoms with Crippen molar-refractivity contribution in [1.82, 2.24) is 10.7 Å². The number of nitrogens with zero attached hydrogens (tertiary/aromatic N) is 1. The second-order valence-corrected chi connectivity index (χ2v) is 5.91. The van der Waals surface area contributed by atoms with Gasteiger partial charge in [-0.05, 0) is 23.6 Å². The zero-order chi connectivity index (χ0) is 15.9. The molecule has 2 rings (SSSR count). The fraction of sp³-hybridized carbons (Fsp3) is 0.0714. The fourth-order valence-corrected chi connectivity index (χ4v) is 2.57. The van der Waals surface area contributed by atoms with Crippen molar-refractivity contribution >= 4 is 52.6 Å². The van der Waals surface area contributed by atoms with Crippen LogP contribution >= 0.6 is 34.5 Å². The van der Waals surface area contributed by atoms with Crippen LogP contribution in [0.25, 0.3) is 0 Å². The number of halogens is 2. The zero-order valence-corrected chi connectivity index (χ0v) is 13.5. The second-order valence-electron chi connectivity index (χ2n) is 4.12. The van der Waals surface area contributed by atoms with Crippen molar-refractivity contribution in [2.24, 2.45) is 5.10 Å². The molecular formula is C14H11Cl2N3O2S. The molecule has 0 aliphatic heterocycles. The van der Waals surface area contributed by atoms with Gasteiger partial charge in [-0.2, -0.15) is 5.10 Å². The van der Waals surface area contributed by atoms with Gasteiger partial charge in [-0.15, -0.1) is 11.3 Å². The topological polar surface area (TPSA) is 70.6 Å². The van der Waals surface area contributed by atoms with Crippen LogP contribution in [-0.4, -0.2) is 24.6 Å². The normalized spacial score (nSPS) is 10.6. The Kier molecular flexibility index (Phi) is 5.94. The molecule has 2 aromatic rings. The average Bonchev–Trinajstić information content (AvgIpc) is 3.01. The number of hydrazone groups is 1. The Balaban J connectivity index is 1.80.